The molecule has 1 aromatic heterocycles. The Bertz CT molecular complexity index is 610. The minimum atomic E-state index is -0.164. The van der Waals surface area contributed by atoms with Gasteiger partial charge < -0.3 is 5.32 Å². The first-order valence-corrected chi connectivity index (χ1v) is 7.98. The SMILES string of the molecule is CCCNC(Cc1cc(Br)ccc1F)c1cn(C)nc1C. The van der Waals surface area contributed by atoms with Crippen LogP contribution in [0.4, 0.5) is 4.39 Å². The second-order valence-corrected chi connectivity index (χ2v) is 6.21. The van der Waals surface area contributed by atoms with Crippen LogP contribution in [-0.4, -0.2) is 16.3 Å². The first-order chi connectivity index (χ1) is 10.0. The van der Waals surface area contributed by atoms with Gasteiger partial charge in [0.25, 0.3) is 0 Å². The van der Waals surface area contributed by atoms with Gasteiger partial charge in [-0.05, 0) is 50.1 Å². The number of nitrogens with one attached hydrogen (secondary N) is 1. The molecule has 0 saturated carbocycles. The molecule has 0 aliphatic carbocycles. The maximum absolute atomic E-state index is 14.0. The van der Waals surface area contributed by atoms with Crippen molar-refractivity contribution in [2.45, 2.75) is 32.7 Å². The fraction of sp³-hybridized carbons (Fsp3) is 0.438. The first kappa shape index (κ1) is 16.2. The molecule has 1 heterocycles. The minimum Gasteiger partial charge on any atom is -0.310 e. The number of hydrogen-bond acceptors (Lipinski definition) is 2. The minimum absolute atomic E-state index is 0.0717. The van der Waals surface area contributed by atoms with Crippen LogP contribution in [0.15, 0.2) is 28.9 Å². The lowest BCUT2D eigenvalue weighted by Gasteiger charge is -2.19. The van der Waals surface area contributed by atoms with Crippen LogP contribution in [0.3, 0.4) is 0 Å². The van der Waals surface area contributed by atoms with Crippen LogP contribution in [0.5, 0.6) is 0 Å². The van der Waals surface area contributed by atoms with Crippen molar-refractivity contribution in [2.75, 3.05) is 6.54 Å². The van der Waals surface area contributed by atoms with Crippen LogP contribution in [-0.2, 0) is 13.5 Å². The quantitative estimate of drug-likeness (QED) is 0.852. The van der Waals surface area contributed by atoms with E-state index in [4.69, 9.17) is 0 Å². The van der Waals surface area contributed by atoms with Crippen molar-refractivity contribution >= 4 is 15.9 Å². The maximum atomic E-state index is 14.0. The summed E-state index contributed by atoms with van der Waals surface area (Å²) in [6, 6.07) is 5.15. The fourth-order valence-electron chi connectivity index (χ4n) is 2.49. The number of hydrogen-bond donors (Lipinski definition) is 1. The average molecular weight is 354 g/mol. The number of rotatable bonds is 6. The molecule has 0 radical (unpaired) electrons. The molecule has 0 bridgehead atoms. The number of nitrogens with zero attached hydrogens (tertiary/aromatic N) is 2. The Balaban J connectivity index is 2.28. The third kappa shape index (κ3) is 4.14. The van der Waals surface area contributed by atoms with E-state index in [1.54, 1.807) is 6.07 Å². The van der Waals surface area contributed by atoms with E-state index in [0.717, 1.165) is 28.7 Å². The molecule has 1 aromatic carbocycles. The van der Waals surface area contributed by atoms with Gasteiger partial charge in [-0.3, -0.25) is 4.68 Å². The van der Waals surface area contributed by atoms with Gasteiger partial charge in [0.2, 0.25) is 0 Å². The highest BCUT2D eigenvalue weighted by Gasteiger charge is 2.18. The van der Waals surface area contributed by atoms with Crippen LogP contribution < -0.4 is 5.32 Å². The number of halogens is 2. The van der Waals surface area contributed by atoms with Gasteiger partial charge >= 0.3 is 0 Å². The van der Waals surface area contributed by atoms with Crippen molar-refractivity contribution in [3.8, 4) is 0 Å². The molecule has 1 N–H and O–H groups in total. The Hall–Kier alpha value is -1.20. The number of aromatic nitrogens is 2. The highest BCUT2D eigenvalue weighted by atomic mass is 79.9. The lowest BCUT2D eigenvalue weighted by atomic mass is 9.99. The van der Waals surface area contributed by atoms with E-state index >= 15 is 0 Å². The summed E-state index contributed by atoms with van der Waals surface area (Å²) in [5.41, 5.74) is 2.83. The van der Waals surface area contributed by atoms with E-state index in [-0.39, 0.29) is 11.9 Å². The molecule has 1 unspecified atom stereocenters. The largest absolute Gasteiger partial charge is 0.310 e. The van der Waals surface area contributed by atoms with E-state index in [1.807, 2.05) is 30.9 Å². The molecule has 0 saturated heterocycles. The zero-order valence-electron chi connectivity index (χ0n) is 12.7. The average Bonchev–Trinajstić information content (AvgIpc) is 2.77. The molecule has 1 atom stereocenters. The van der Waals surface area contributed by atoms with Gasteiger partial charge in [0.15, 0.2) is 0 Å². The second kappa shape index (κ2) is 7.18. The predicted molar refractivity (Wildman–Crippen MR) is 86.8 cm³/mol. The lowest BCUT2D eigenvalue weighted by Crippen LogP contribution is -2.24. The Labute approximate surface area is 133 Å². The summed E-state index contributed by atoms with van der Waals surface area (Å²) in [4.78, 5) is 0. The summed E-state index contributed by atoms with van der Waals surface area (Å²) < 4.78 is 16.7. The van der Waals surface area contributed by atoms with Gasteiger partial charge in [-0.15, -0.1) is 0 Å². The monoisotopic (exact) mass is 353 g/mol. The van der Waals surface area contributed by atoms with Crippen molar-refractivity contribution in [1.29, 1.82) is 0 Å². The summed E-state index contributed by atoms with van der Waals surface area (Å²) in [5.74, 6) is -0.164. The topological polar surface area (TPSA) is 29.9 Å². The van der Waals surface area contributed by atoms with Crippen molar-refractivity contribution in [3.05, 3.63) is 51.5 Å². The predicted octanol–water partition coefficient (Wildman–Crippen LogP) is 3.91. The van der Waals surface area contributed by atoms with E-state index in [9.17, 15) is 4.39 Å². The van der Waals surface area contributed by atoms with Crippen LogP contribution in [0.25, 0.3) is 0 Å². The molecule has 0 aliphatic rings. The molecule has 0 spiro atoms. The number of aryl methyl sites for hydroxylation is 2. The van der Waals surface area contributed by atoms with Gasteiger partial charge in [-0.25, -0.2) is 4.39 Å². The first-order valence-electron chi connectivity index (χ1n) is 7.18. The van der Waals surface area contributed by atoms with Crippen molar-refractivity contribution < 1.29 is 4.39 Å². The standard InChI is InChI=1S/C16H21BrFN3/c1-4-7-19-16(14-10-21(3)20-11(14)2)9-12-8-13(17)5-6-15(12)18/h5-6,8,10,16,19H,4,7,9H2,1-3H3. The molecule has 2 rings (SSSR count). The summed E-state index contributed by atoms with van der Waals surface area (Å²) >= 11 is 3.41. The van der Waals surface area contributed by atoms with Gasteiger partial charge in [0.1, 0.15) is 5.82 Å². The zero-order chi connectivity index (χ0) is 15.4. The number of benzene rings is 1. The highest BCUT2D eigenvalue weighted by molar-refractivity contribution is 9.10. The normalized spacial score (nSPS) is 12.6. The summed E-state index contributed by atoms with van der Waals surface area (Å²) in [7, 11) is 1.91. The Morgan fingerprint density at radius 2 is 2.19 bits per heavy atom. The molecule has 0 fully saturated rings. The molecule has 5 heteroatoms. The summed E-state index contributed by atoms with van der Waals surface area (Å²) in [5, 5.41) is 7.90. The molecular formula is C16H21BrFN3. The van der Waals surface area contributed by atoms with E-state index in [1.165, 1.54) is 6.07 Å². The van der Waals surface area contributed by atoms with Crippen LogP contribution in [0, 0.1) is 12.7 Å². The van der Waals surface area contributed by atoms with Gasteiger partial charge in [0, 0.05) is 29.3 Å². The van der Waals surface area contributed by atoms with Crippen LogP contribution in [0.2, 0.25) is 0 Å². The van der Waals surface area contributed by atoms with Crippen molar-refractivity contribution in [2.24, 2.45) is 7.05 Å². The van der Waals surface area contributed by atoms with E-state index < -0.39 is 0 Å². The Morgan fingerprint density at radius 1 is 1.43 bits per heavy atom. The van der Waals surface area contributed by atoms with Crippen LogP contribution in [0.1, 0.15) is 36.2 Å². The molecule has 114 valence electrons. The van der Waals surface area contributed by atoms with E-state index in [0.29, 0.717) is 12.0 Å². The smallest absolute Gasteiger partial charge is 0.126 e. The third-order valence-corrected chi connectivity index (χ3v) is 3.99. The molecule has 3 nitrogen and oxygen atoms in total. The lowest BCUT2D eigenvalue weighted by molar-refractivity contribution is 0.511. The molecule has 0 amide bonds. The van der Waals surface area contributed by atoms with E-state index in [2.05, 4.69) is 33.3 Å². The van der Waals surface area contributed by atoms with Crippen molar-refractivity contribution in [1.82, 2.24) is 15.1 Å². The molecule has 0 aliphatic heterocycles. The Morgan fingerprint density at radius 3 is 2.81 bits per heavy atom. The van der Waals surface area contributed by atoms with Gasteiger partial charge in [0.05, 0.1) is 5.69 Å². The fourth-order valence-corrected chi connectivity index (χ4v) is 2.90. The summed E-state index contributed by atoms with van der Waals surface area (Å²) in [6.07, 6.45) is 3.66. The second-order valence-electron chi connectivity index (χ2n) is 5.29. The molecule has 2 aromatic rings. The summed E-state index contributed by atoms with van der Waals surface area (Å²) in [6.45, 7) is 5.02. The molecular weight excluding hydrogens is 333 g/mol. The maximum Gasteiger partial charge on any atom is 0.126 e. The molecule has 21 heavy (non-hydrogen) atoms. The van der Waals surface area contributed by atoms with Gasteiger partial charge in [-0.2, -0.15) is 5.10 Å². The zero-order valence-corrected chi connectivity index (χ0v) is 14.2. The van der Waals surface area contributed by atoms with Crippen molar-refractivity contribution in [3.63, 3.8) is 0 Å². The third-order valence-electron chi connectivity index (χ3n) is 3.50. The van der Waals surface area contributed by atoms with Crippen LogP contribution >= 0.6 is 15.9 Å². The highest BCUT2D eigenvalue weighted by Crippen LogP contribution is 2.24. The van der Waals surface area contributed by atoms with Gasteiger partial charge in [-0.1, -0.05) is 22.9 Å². The Kier molecular flexibility index (Phi) is 5.53.